The zero-order chi connectivity index (χ0) is 17.9. The van der Waals surface area contributed by atoms with E-state index in [1.165, 1.54) is 11.2 Å². The average Bonchev–Trinajstić information content (AvgIpc) is 3.08. The van der Waals surface area contributed by atoms with E-state index in [2.05, 4.69) is 35.9 Å². The maximum atomic E-state index is 6.10. The lowest BCUT2D eigenvalue weighted by molar-refractivity contribution is 0.0907. The molecule has 0 radical (unpaired) electrons. The van der Waals surface area contributed by atoms with E-state index in [4.69, 9.17) is 9.72 Å². The predicted molar refractivity (Wildman–Crippen MR) is 108 cm³/mol. The van der Waals surface area contributed by atoms with Crippen molar-refractivity contribution in [1.29, 1.82) is 0 Å². The number of aromatic nitrogens is 2. The second kappa shape index (κ2) is 7.72. The van der Waals surface area contributed by atoms with Crippen LogP contribution in [0.2, 0.25) is 0 Å². The van der Waals surface area contributed by atoms with Crippen molar-refractivity contribution in [2.45, 2.75) is 32.8 Å². The van der Waals surface area contributed by atoms with Gasteiger partial charge < -0.3 is 9.64 Å². The van der Waals surface area contributed by atoms with Crippen molar-refractivity contribution in [3.8, 4) is 16.5 Å². The maximum absolute atomic E-state index is 6.10. The standard InChI is InChI=1S/C21H25N3OS/c1-15(2)14-24-11-9-17(10-12-24)25-20-8-7-16(13-22-20)21-23-18-5-3-4-6-19(18)26-21/h3-8,13,15,17H,9-12,14H2,1-2H3. The molecule has 1 aliphatic rings. The van der Waals surface area contributed by atoms with E-state index in [9.17, 15) is 0 Å². The molecule has 4 nitrogen and oxygen atoms in total. The summed E-state index contributed by atoms with van der Waals surface area (Å²) in [4.78, 5) is 11.7. The van der Waals surface area contributed by atoms with E-state index in [-0.39, 0.29) is 6.10 Å². The Morgan fingerprint density at radius 1 is 1.15 bits per heavy atom. The van der Waals surface area contributed by atoms with Gasteiger partial charge in [-0.25, -0.2) is 9.97 Å². The summed E-state index contributed by atoms with van der Waals surface area (Å²) in [5, 5.41) is 1.01. The van der Waals surface area contributed by atoms with Crippen molar-refractivity contribution in [2.75, 3.05) is 19.6 Å². The lowest BCUT2D eigenvalue weighted by atomic mass is 10.1. The number of hydrogen-bond acceptors (Lipinski definition) is 5. The normalized spacial score (nSPS) is 16.4. The third-order valence-electron chi connectivity index (χ3n) is 4.72. The minimum atomic E-state index is 0.277. The first-order valence-electron chi connectivity index (χ1n) is 9.38. The number of rotatable bonds is 5. The molecule has 2 aromatic heterocycles. The first-order valence-corrected chi connectivity index (χ1v) is 10.2. The topological polar surface area (TPSA) is 38.2 Å². The number of ether oxygens (including phenoxy) is 1. The van der Waals surface area contributed by atoms with E-state index in [0.717, 1.165) is 53.8 Å². The molecule has 0 amide bonds. The summed E-state index contributed by atoms with van der Waals surface area (Å²) in [6.07, 6.45) is 4.31. The maximum Gasteiger partial charge on any atom is 0.213 e. The Hall–Kier alpha value is -1.98. The molecule has 0 bridgehead atoms. The van der Waals surface area contributed by atoms with Gasteiger partial charge in [0.15, 0.2) is 0 Å². The Kier molecular flexibility index (Phi) is 5.18. The summed E-state index contributed by atoms with van der Waals surface area (Å²) in [5.74, 6) is 1.45. The number of benzene rings is 1. The van der Waals surface area contributed by atoms with Gasteiger partial charge in [0.25, 0.3) is 0 Å². The Morgan fingerprint density at radius 2 is 1.96 bits per heavy atom. The van der Waals surface area contributed by atoms with Crippen LogP contribution in [0.15, 0.2) is 42.6 Å². The van der Waals surface area contributed by atoms with Crippen LogP contribution in [0.25, 0.3) is 20.8 Å². The number of fused-ring (bicyclic) bond motifs is 1. The molecule has 136 valence electrons. The van der Waals surface area contributed by atoms with E-state index >= 15 is 0 Å². The first kappa shape index (κ1) is 17.4. The van der Waals surface area contributed by atoms with Gasteiger partial charge in [-0.3, -0.25) is 0 Å². The summed E-state index contributed by atoms with van der Waals surface area (Å²) >= 11 is 1.70. The molecule has 0 aliphatic carbocycles. The molecule has 0 unspecified atom stereocenters. The van der Waals surface area contributed by atoms with Crippen molar-refractivity contribution in [3.05, 3.63) is 42.6 Å². The Balaban J connectivity index is 1.37. The van der Waals surface area contributed by atoms with Crippen LogP contribution in [0, 0.1) is 5.92 Å². The van der Waals surface area contributed by atoms with E-state index in [1.807, 2.05) is 30.5 Å². The van der Waals surface area contributed by atoms with Gasteiger partial charge in [0, 0.05) is 37.5 Å². The quantitative estimate of drug-likeness (QED) is 0.646. The highest BCUT2D eigenvalue weighted by atomic mass is 32.1. The monoisotopic (exact) mass is 367 g/mol. The summed E-state index contributed by atoms with van der Waals surface area (Å²) in [6.45, 7) is 7.97. The molecule has 1 fully saturated rings. The van der Waals surface area contributed by atoms with Crippen LogP contribution in [0.4, 0.5) is 0 Å². The highest BCUT2D eigenvalue weighted by molar-refractivity contribution is 7.21. The predicted octanol–water partition coefficient (Wildman–Crippen LogP) is 4.86. The van der Waals surface area contributed by atoms with Crippen molar-refractivity contribution < 1.29 is 4.74 Å². The molecular formula is C21H25N3OS. The molecule has 1 saturated heterocycles. The molecule has 4 rings (SSSR count). The van der Waals surface area contributed by atoms with Crippen LogP contribution in [0.5, 0.6) is 5.88 Å². The van der Waals surface area contributed by atoms with Crippen LogP contribution < -0.4 is 4.74 Å². The highest BCUT2D eigenvalue weighted by Crippen LogP contribution is 2.30. The van der Waals surface area contributed by atoms with Gasteiger partial charge in [-0.15, -0.1) is 11.3 Å². The fourth-order valence-corrected chi connectivity index (χ4v) is 4.42. The van der Waals surface area contributed by atoms with Gasteiger partial charge in [-0.1, -0.05) is 26.0 Å². The molecular weight excluding hydrogens is 342 g/mol. The molecule has 26 heavy (non-hydrogen) atoms. The number of piperidine rings is 1. The third-order valence-corrected chi connectivity index (χ3v) is 5.81. The van der Waals surface area contributed by atoms with Gasteiger partial charge in [0.05, 0.1) is 10.2 Å². The Morgan fingerprint density at radius 3 is 2.65 bits per heavy atom. The van der Waals surface area contributed by atoms with Crippen LogP contribution in [-0.2, 0) is 0 Å². The molecule has 3 aromatic rings. The second-order valence-electron chi connectivity index (χ2n) is 7.38. The van der Waals surface area contributed by atoms with Gasteiger partial charge in [0.2, 0.25) is 5.88 Å². The number of likely N-dealkylation sites (tertiary alicyclic amines) is 1. The molecule has 0 spiro atoms. The Labute approximate surface area is 158 Å². The van der Waals surface area contributed by atoms with Crippen LogP contribution in [0.1, 0.15) is 26.7 Å². The fourth-order valence-electron chi connectivity index (χ4n) is 3.47. The van der Waals surface area contributed by atoms with Crippen molar-refractivity contribution in [2.24, 2.45) is 5.92 Å². The van der Waals surface area contributed by atoms with Crippen molar-refractivity contribution in [3.63, 3.8) is 0 Å². The minimum Gasteiger partial charge on any atom is -0.474 e. The number of para-hydroxylation sites is 1. The summed E-state index contributed by atoms with van der Waals surface area (Å²) in [6, 6.07) is 12.3. The van der Waals surface area contributed by atoms with Crippen molar-refractivity contribution >= 4 is 21.6 Å². The summed E-state index contributed by atoms with van der Waals surface area (Å²) in [5.41, 5.74) is 2.09. The average molecular weight is 368 g/mol. The molecule has 0 N–H and O–H groups in total. The van der Waals surface area contributed by atoms with Crippen molar-refractivity contribution in [1.82, 2.24) is 14.9 Å². The molecule has 1 aliphatic heterocycles. The summed E-state index contributed by atoms with van der Waals surface area (Å²) in [7, 11) is 0. The Bertz CT molecular complexity index is 818. The van der Waals surface area contributed by atoms with Gasteiger partial charge in [-0.05, 0) is 37.0 Å². The second-order valence-corrected chi connectivity index (χ2v) is 8.41. The van der Waals surface area contributed by atoms with Gasteiger partial charge in [-0.2, -0.15) is 0 Å². The van der Waals surface area contributed by atoms with E-state index in [0.29, 0.717) is 0 Å². The smallest absolute Gasteiger partial charge is 0.213 e. The zero-order valence-electron chi connectivity index (χ0n) is 15.4. The molecule has 1 aromatic carbocycles. The molecule has 3 heterocycles. The zero-order valence-corrected chi connectivity index (χ0v) is 16.2. The van der Waals surface area contributed by atoms with Crippen LogP contribution >= 0.6 is 11.3 Å². The van der Waals surface area contributed by atoms with Crippen LogP contribution in [-0.4, -0.2) is 40.6 Å². The summed E-state index contributed by atoms with van der Waals surface area (Å²) < 4.78 is 7.31. The molecule has 0 atom stereocenters. The first-order chi connectivity index (χ1) is 12.7. The van der Waals surface area contributed by atoms with Gasteiger partial charge >= 0.3 is 0 Å². The SMILES string of the molecule is CC(C)CN1CCC(Oc2ccc(-c3nc4ccccc4s3)cn2)CC1. The number of pyridine rings is 1. The fraction of sp³-hybridized carbons (Fsp3) is 0.429. The number of nitrogens with zero attached hydrogens (tertiary/aromatic N) is 3. The van der Waals surface area contributed by atoms with Gasteiger partial charge in [0.1, 0.15) is 11.1 Å². The lowest BCUT2D eigenvalue weighted by Gasteiger charge is -2.32. The van der Waals surface area contributed by atoms with E-state index < -0.39 is 0 Å². The lowest BCUT2D eigenvalue weighted by Crippen LogP contribution is -2.40. The largest absolute Gasteiger partial charge is 0.474 e. The van der Waals surface area contributed by atoms with Crippen LogP contribution in [0.3, 0.4) is 0 Å². The number of thiazole rings is 1. The third kappa shape index (κ3) is 4.05. The number of hydrogen-bond donors (Lipinski definition) is 0. The van der Waals surface area contributed by atoms with E-state index in [1.54, 1.807) is 11.3 Å². The minimum absolute atomic E-state index is 0.277. The molecule has 0 saturated carbocycles. The highest BCUT2D eigenvalue weighted by Gasteiger charge is 2.21. The molecule has 5 heteroatoms.